The lowest BCUT2D eigenvalue weighted by Crippen LogP contribution is -2.22. The van der Waals surface area contributed by atoms with Gasteiger partial charge in [-0.1, -0.05) is 0 Å². The van der Waals surface area contributed by atoms with Crippen LogP contribution in [-0.2, 0) is 29.2 Å². The second kappa shape index (κ2) is 9.00. The molecule has 4 heterocycles. The molecule has 0 bridgehead atoms. The third-order valence-corrected chi connectivity index (χ3v) is 6.32. The Balaban J connectivity index is 1.43. The highest BCUT2D eigenvalue weighted by Gasteiger charge is 2.26. The van der Waals surface area contributed by atoms with Gasteiger partial charge in [0.1, 0.15) is 29.4 Å². The van der Waals surface area contributed by atoms with Gasteiger partial charge in [0.05, 0.1) is 12.0 Å². The second-order valence-corrected chi connectivity index (χ2v) is 8.71. The molecular weight excluding hydrogens is 459 g/mol. The summed E-state index contributed by atoms with van der Waals surface area (Å²) in [7, 11) is 0. The summed E-state index contributed by atoms with van der Waals surface area (Å²) in [6.07, 6.45) is 0.823. The van der Waals surface area contributed by atoms with E-state index >= 15 is 0 Å². The summed E-state index contributed by atoms with van der Waals surface area (Å²) in [4.78, 5) is 30.3. The van der Waals surface area contributed by atoms with E-state index in [0.29, 0.717) is 34.5 Å². The first-order valence-corrected chi connectivity index (χ1v) is 11.7. The number of halogens is 1. The molecule has 0 radical (unpaired) electrons. The Bertz CT molecular complexity index is 1450. The van der Waals surface area contributed by atoms with Gasteiger partial charge in [-0.15, -0.1) is 0 Å². The van der Waals surface area contributed by atoms with Crippen LogP contribution in [0.4, 0.5) is 4.39 Å². The number of nitrogens with zero attached hydrogens (tertiary/aromatic N) is 2. The first kappa shape index (κ1) is 22.2. The van der Waals surface area contributed by atoms with Gasteiger partial charge < -0.3 is 18.8 Å². The lowest BCUT2D eigenvalue weighted by Gasteiger charge is -2.27. The number of rotatable bonds is 5. The number of esters is 1. The minimum Gasteiger partial charge on any atom is -0.460 e. The SMILES string of the molecule is CCn1cc(C(=O)OCc2cc(F)cc3c2O[C@@H](c2ccsc2)OC3)c(=O)c2ccc(C)nc21. The van der Waals surface area contributed by atoms with Gasteiger partial charge in [-0.05, 0) is 49.6 Å². The number of hydrogen-bond acceptors (Lipinski definition) is 7. The van der Waals surface area contributed by atoms with Crippen molar-refractivity contribution in [3.63, 3.8) is 0 Å². The lowest BCUT2D eigenvalue weighted by atomic mass is 10.1. The maximum absolute atomic E-state index is 14.2. The summed E-state index contributed by atoms with van der Waals surface area (Å²) in [6, 6.07) is 7.87. The van der Waals surface area contributed by atoms with Crippen LogP contribution in [0.25, 0.3) is 11.0 Å². The first-order valence-electron chi connectivity index (χ1n) is 10.7. The largest absolute Gasteiger partial charge is 0.460 e. The van der Waals surface area contributed by atoms with E-state index < -0.39 is 23.5 Å². The predicted octanol–water partition coefficient (Wildman–Crippen LogP) is 4.89. The van der Waals surface area contributed by atoms with Gasteiger partial charge in [-0.3, -0.25) is 4.79 Å². The van der Waals surface area contributed by atoms with Crippen LogP contribution in [0.15, 0.2) is 52.1 Å². The first-order chi connectivity index (χ1) is 16.4. The summed E-state index contributed by atoms with van der Waals surface area (Å²) in [5.74, 6) is -0.874. The standard InChI is InChI=1S/C25H21FN2O5S/c1-3-28-10-20(21(29)19-5-4-14(2)27-23(19)28)24(30)31-11-16-8-18(26)9-17-12-32-25(33-22(16)17)15-6-7-34-13-15/h4-10,13,25H,3,11-12H2,1-2H3/t25-/m0/s1. The molecule has 0 spiro atoms. The Morgan fingerprint density at radius 1 is 1.32 bits per heavy atom. The minimum absolute atomic E-state index is 0.106. The molecule has 0 N–H and O–H groups in total. The second-order valence-electron chi connectivity index (χ2n) is 7.93. The third-order valence-electron chi connectivity index (χ3n) is 5.62. The molecule has 0 fully saturated rings. The molecule has 1 aliphatic heterocycles. The van der Waals surface area contributed by atoms with Gasteiger partial charge in [0, 0.05) is 40.5 Å². The number of carbonyl (C=O) groups excluding carboxylic acids is 1. The van der Waals surface area contributed by atoms with Gasteiger partial charge >= 0.3 is 5.97 Å². The molecule has 0 unspecified atom stereocenters. The Labute approximate surface area is 198 Å². The van der Waals surface area contributed by atoms with Crippen LogP contribution in [0.2, 0.25) is 0 Å². The number of aryl methyl sites for hydroxylation is 2. The monoisotopic (exact) mass is 480 g/mol. The molecule has 0 amide bonds. The van der Waals surface area contributed by atoms with Crippen molar-refractivity contribution in [1.29, 1.82) is 0 Å². The van der Waals surface area contributed by atoms with E-state index in [0.717, 1.165) is 11.3 Å². The van der Waals surface area contributed by atoms with E-state index in [9.17, 15) is 14.0 Å². The smallest absolute Gasteiger partial charge is 0.344 e. The molecule has 9 heteroatoms. The van der Waals surface area contributed by atoms with Crippen LogP contribution in [0, 0.1) is 12.7 Å². The Hall–Kier alpha value is -3.56. The molecule has 0 saturated heterocycles. The fraction of sp³-hybridized carbons (Fsp3) is 0.240. The number of pyridine rings is 2. The molecule has 4 aromatic rings. The summed E-state index contributed by atoms with van der Waals surface area (Å²) in [6.45, 7) is 4.15. The number of hydrogen-bond donors (Lipinski definition) is 0. The number of carbonyl (C=O) groups is 1. The van der Waals surface area contributed by atoms with E-state index in [1.54, 1.807) is 16.7 Å². The van der Waals surface area contributed by atoms with E-state index in [1.807, 2.05) is 30.7 Å². The van der Waals surface area contributed by atoms with Crippen molar-refractivity contribution >= 4 is 28.3 Å². The molecule has 34 heavy (non-hydrogen) atoms. The fourth-order valence-corrected chi connectivity index (χ4v) is 4.59. The van der Waals surface area contributed by atoms with Gasteiger partial charge in [-0.25, -0.2) is 14.2 Å². The molecule has 3 aromatic heterocycles. The summed E-state index contributed by atoms with van der Waals surface area (Å²) >= 11 is 1.51. The highest BCUT2D eigenvalue weighted by Crippen LogP contribution is 2.37. The van der Waals surface area contributed by atoms with Gasteiger partial charge in [0.2, 0.25) is 11.7 Å². The number of fused-ring (bicyclic) bond motifs is 2. The van der Waals surface area contributed by atoms with Gasteiger partial charge in [0.15, 0.2) is 0 Å². The molecule has 5 rings (SSSR count). The topological polar surface area (TPSA) is 79.6 Å². The number of ether oxygens (including phenoxy) is 3. The van der Waals surface area contributed by atoms with E-state index in [1.165, 1.54) is 29.7 Å². The maximum atomic E-state index is 14.2. The quantitative estimate of drug-likeness (QED) is 0.379. The zero-order chi connectivity index (χ0) is 23.8. The molecule has 174 valence electrons. The molecule has 1 aliphatic rings. The Morgan fingerprint density at radius 2 is 2.18 bits per heavy atom. The van der Waals surface area contributed by atoms with Crippen LogP contribution in [-0.4, -0.2) is 15.5 Å². The van der Waals surface area contributed by atoms with Crippen molar-refractivity contribution in [1.82, 2.24) is 9.55 Å². The Kier molecular flexibility index (Phi) is 5.89. The summed E-state index contributed by atoms with van der Waals surface area (Å²) in [5.41, 5.74) is 2.45. The Morgan fingerprint density at radius 3 is 2.94 bits per heavy atom. The zero-order valence-corrected chi connectivity index (χ0v) is 19.4. The molecule has 1 atom stereocenters. The molecule has 0 aliphatic carbocycles. The predicted molar refractivity (Wildman–Crippen MR) is 124 cm³/mol. The van der Waals surface area contributed by atoms with Crippen molar-refractivity contribution in [3.8, 4) is 5.75 Å². The average molecular weight is 481 g/mol. The van der Waals surface area contributed by atoms with Gasteiger partial charge in [0.25, 0.3) is 0 Å². The van der Waals surface area contributed by atoms with Crippen molar-refractivity contribution < 1.29 is 23.4 Å². The number of aromatic nitrogens is 2. The number of thiophene rings is 1. The average Bonchev–Trinajstić information content (AvgIpc) is 3.37. The van der Waals surface area contributed by atoms with E-state index in [-0.39, 0.29) is 18.8 Å². The van der Waals surface area contributed by atoms with Crippen LogP contribution in [0.3, 0.4) is 0 Å². The minimum atomic E-state index is -0.797. The molecule has 7 nitrogen and oxygen atoms in total. The summed E-state index contributed by atoms with van der Waals surface area (Å²) < 4.78 is 33.1. The van der Waals surface area contributed by atoms with Crippen molar-refractivity contribution in [2.45, 2.75) is 39.9 Å². The normalized spacial score (nSPS) is 15.1. The van der Waals surface area contributed by atoms with Gasteiger partial charge in [-0.2, -0.15) is 11.3 Å². The number of benzene rings is 1. The highest BCUT2D eigenvalue weighted by atomic mass is 32.1. The molecule has 0 saturated carbocycles. The molecule has 1 aromatic carbocycles. The van der Waals surface area contributed by atoms with Crippen LogP contribution < -0.4 is 10.2 Å². The van der Waals surface area contributed by atoms with Crippen LogP contribution in [0.1, 0.15) is 46.0 Å². The maximum Gasteiger partial charge on any atom is 0.344 e. The summed E-state index contributed by atoms with van der Waals surface area (Å²) in [5, 5.41) is 4.16. The third kappa shape index (κ3) is 4.08. The van der Waals surface area contributed by atoms with Crippen molar-refractivity contribution in [3.05, 3.63) is 91.3 Å². The lowest BCUT2D eigenvalue weighted by molar-refractivity contribution is -0.112. The zero-order valence-electron chi connectivity index (χ0n) is 18.5. The van der Waals surface area contributed by atoms with Crippen LogP contribution in [0.5, 0.6) is 5.75 Å². The van der Waals surface area contributed by atoms with E-state index in [2.05, 4.69) is 4.98 Å². The van der Waals surface area contributed by atoms with E-state index in [4.69, 9.17) is 14.2 Å². The highest BCUT2D eigenvalue weighted by molar-refractivity contribution is 7.07. The molecular formula is C25H21FN2O5S. The fourth-order valence-electron chi connectivity index (χ4n) is 3.92. The van der Waals surface area contributed by atoms with Crippen molar-refractivity contribution in [2.75, 3.05) is 0 Å². The van der Waals surface area contributed by atoms with Crippen molar-refractivity contribution in [2.24, 2.45) is 0 Å². The van der Waals surface area contributed by atoms with Crippen LogP contribution >= 0.6 is 11.3 Å².